The molecule has 0 saturated heterocycles. The topological polar surface area (TPSA) is 74.6 Å². The number of hydrogen-bond acceptors (Lipinski definition) is 2. The van der Waals surface area contributed by atoms with Crippen LogP contribution < -0.4 is 0 Å². The van der Waals surface area contributed by atoms with Crippen LogP contribution >= 0.6 is 0 Å². The van der Waals surface area contributed by atoms with E-state index < -0.39 is 17.9 Å². The molecule has 0 amide bonds. The fourth-order valence-corrected chi connectivity index (χ4v) is 0.876. The Balaban J connectivity index is 4.14. The summed E-state index contributed by atoms with van der Waals surface area (Å²) in [4.78, 5) is 20.8. The second-order valence-electron chi connectivity index (χ2n) is 2.98. The van der Waals surface area contributed by atoms with Gasteiger partial charge in [0.25, 0.3) is 0 Å². The SMILES string of the molecule is CCC(C)CC(C(=O)O)C(=O)O. The molecule has 0 aromatic heterocycles. The van der Waals surface area contributed by atoms with Gasteiger partial charge in [0.15, 0.2) is 5.92 Å². The highest BCUT2D eigenvalue weighted by Gasteiger charge is 2.26. The molecular weight excluding hydrogens is 160 g/mol. The van der Waals surface area contributed by atoms with Gasteiger partial charge in [0, 0.05) is 0 Å². The molecule has 0 aliphatic rings. The molecule has 2 N–H and O–H groups in total. The van der Waals surface area contributed by atoms with Crippen molar-refractivity contribution in [2.45, 2.75) is 26.7 Å². The Morgan fingerprint density at radius 3 is 1.92 bits per heavy atom. The minimum atomic E-state index is -1.25. The summed E-state index contributed by atoms with van der Waals surface area (Å²) in [5.41, 5.74) is 0. The van der Waals surface area contributed by atoms with Crippen LogP contribution in [0.4, 0.5) is 0 Å². The van der Waals surface area contributed by atoms with Crippen molar-refractivity contribution >= 4 is 11.9 Å². The van der Waals surface area contributed by atoms with E-state index in [-0.39, 0.29) is 12.3 Å². The maximum Gasteiger partial charge on any atom is 0.317 e. The standard InChI is InChI=1S/C8H14O4/c1-3-5(2)4-6(7(9)10)8(11)12/h5-6H,3-4H2,1-2H3,(H,9,10)(H,11,12). The highest BCUT2D eigenvalue weighted by Crippen LogP contribution is 2.15. The monoisotopic (exact) mass is 174 g/mol. The molecule has 0 rings (SSSR count). The highest BCUT2D eigenvalue weighted by atomic mass is 16.4. The molecular formula is C8H14O4. The van der Waals surface area contributed by atoms with Gasteiger partial charge in [-0.25, -0.2) is 0 Å². The predicted molar refractivity (Wildman–Crippen MR) is 42.8 cm³/mol. The van der Waals surface area contributed by atoms with Crippen molar-refractivity contribution in [2.24, 2.45) is 11.8 Å². The Bertz CT molecular complexity index is 162. The molecule has 0 saturated carbocycles. The van der Waals surface area contributed by atoms with Crippen molar-refractivity contribution in [3.8, 4) is 0 Å². The number of carboxylic acids is 2. The van der Waals surface area contributed by atoms with Crippen molar-refractivity contribution in [2.75, 3.05) is 0 Å². The lowest BCUT2D eigenvalue weighted by atomic mass is 9.94. The van der Waals surface area contributed by atoms with Crippen LogP contribution in [0, 0.1) is 11.8 Å². The lowest BCUT2D eigenvalue weighted by molar-refractivity contribution is -0.155. The molecule has 0 aromatic carbocycles. The molecule has 4 nitrogen and oxygen atoms in total. The van der Waals surface area contributed by atoms with Crippen LogP contribution in [0.25, 0.3) is 0 Å². The largest absolute Gasteiger partial charge is 0.481 e. The second-order valence-corrected chi connectivity index (χ2v) is 2.98. The minimum absolute atomic E-state index is 0.141. The normalized spacial score (nSPS) is 12.9. The van der Waals surface area contributed by atoms with E-state index in [1.807, 2.05) is 13.8 Å². The number of carbonyl (C=O) groups is 2. The third-order valence-corrected chi connectivity index (χ3v) is 1.93. The van der Waals surface area contributed by atoms with E-state index in [1.165, 1.54) is 0 Å². The van der Waals surface area contributed by atoms with Gasteiger partial charge in [-0.2, -0.15) is 0 Å². The average Bonchev–Trinajstić information content (AvgIpc) is 1.98. The Kier molecular flexibility index (Phi) is 4.33. The fourth-order valence-electron chi connectivity index (χ4n) is 0.876. The summed E-state index contributed by atoms with van der Waals surface area (Å²) < 4.78 is 0. The first-order chi connectivity index (χ1) is 5.49. The molecule has 0 fully saturated rings. The molecule has 1 atom stereocenters. The summed E-state index contributed by atoms with van der Waals surface area (Å²) in [7, 11) is 0. The van der Waals surface area contributed by atoms with Crippen molar-refractivity contribution < 1.29 is 19.8 Å². The van der Waals surface area contributed by atoms with E-state index in [4.69, 9.17) is 10.2 Å². The van der Waals surface area contributed by atoms with Crippen LogP contribution in [0.2, 0.25) is 0 Å². The highest BCUT2D eigenvalue weighted by molar-refractivity contribution is 5.92. The van der Waals surface area contributed by atoms with Crippen LogP contribution in [0.1, 0.15) is 26.7 Å². The number of rotatable bonds is 5. The van der Waals surface area contributed by atoms with Gasteiger partial charge in [0.1, 0.15) is 0 Å². The predicted octanol–water partition coefficient (Wildman–Crippen LogP) is 1.21. The molecule has 0 radical (unpaired) electrons. The summed E-state index contributed by atoms with van der Waals surface area (Å²) in [6.07, 6.45) is 1.01. The van der Waals surface area contributed by atoms with E-state index in [0.29, 0.717) is 0 Å². The van der Waals surface area contributed by atoms with Crippen LogP contribution in [0.15, 0.2) is 0 Å². The second kappa shape index (κ2) is 4.74. The molecule has 0 aliphatic carbocycles. The maximum atomic E-state index is 10.4. The average molecular weight is 174 g/mol. The van der Waals surface area contributed by atoms with Crippen molar-refractivity contribution in [3.05, 3.63) is 0 Å². The Morgan fingerprint density at radius 2 is 1.67 bits per heavy atom. The summed E-state index contributed by atoms with van der Waals surface area (Å²) in [5, 5.41) is 17.0. The van der Waals surface area contributed by atoms with E-state index in [1.54, 1.807) is 0 Å². The first-order valence-corrected chi connectivity index (χ1v) is 3.94. The van der Waals surface area contributed by atoms with Crippen molar-refractivity contribution in [1.29, 1.82) is 0 Å². The molecule has 0 aromatic rings. The number of hydrogen-bond donors (Lipinski definition) is 2. The van der Waals surface area contributed by atoms with Gasteiger partial charge < -0.3 is 10.2 Å². The zero-order chi connectivity index (χ0) is 9.72. The summed E-state index contributed by atoms with van der Waals surface area (Å²) in [6, 6.07) is 0. The number of carboxylic acid groups (broad SMARTS) is 2. The first-order valence-electron chi connectivity index (χ1n) is 3.94. The lowest BCUT2D eigenvalue weighted by Gasteiger charge is -2.11. The lowest BCUT2D eigenvalue weighted by Crippen LogP contribution is -2.25. The van der Waals surface area contributed by atoms with Crippen LogP contribution in [0.5, 0.6) is 0 Å². The third-order valence-electron chi connectivity index (χ3n) is 1.93. The fraction of sp³-hybridized carbons (Fsp3) is 0.750. The van der Waals surface area contributed by atoms with Crippen LogP contribution in [-0.4, -0.2) is 22.2 Å². The maximum absolute atomic E-state index is 10.4. The summed E-state index contributed by atoms with van der Waals surface area (Å²) in [6.45, 7) is 3.75. The Hall–Kier alpha value is -1.06. The van der Waals surface area contributed by atoms with Gasteiger partial charge in [-0.05, 0) is 12.3 Å². The molecule has 12 heavy (non-hydrogen) atoms. The first kappa shape index (κ1) is 10.9. The summed E-state index contributed by atoms with van der Waals surface area (Å²) in [5.74, 6) is -3.60. The van der Waals surface area contributed by atoms with Gasteiger partial charge in [-0.15, -0.1) is 0 Å². The smallest absolute Gasteiger partial charge is 0.317 e. The van der Waals surface area contributed by atoms with E-state index in [9.17, 15) is 9.59 Å². The van der Waals surface area contributed by atoms with E-state index >= 15 is 0 Å². The molecule has 1 unspecified atom stereocenters. The molecule has 0 spiro atoms. The van der Waals surface area contributed by atoms with E-state index in [0.717, 1.165) is 6.42 Å². The van der Waals surface area contributed by atoms with E-state index in [2.05, 4.69) is 0 Å². The van der Waals surface area contributed by atoms with Crippen LogP contribution in [0.3, 0.4) is 0 Å². The molecule has 0 heterocycles. The van der Waals surface area contributed by atoms with Gasteiger partial charge in [-0.1, -0.05) is 20.3 Å². The van der Waals surface area contributed by atoms with Gasteiger partial charge in [0.05, 0.1) is 0 Å². The quantitative estimate of drug-likeness (QED) is 0.614. The molecule has 4 heteroatoms. The molecule has 70 valence electrons. The minimum Gasteiger partial charge on any atom is -0.481 e. The third kappa shape index (κ3) is 3.37. The molecule has 0 aliphatic heterocycles. The number of aliphatic carboxylic acids is 2. The van der Waals surface area contributed by atoms with Crippen LogP contribution in [-0.2, 0) is 9.59 Å². The van der Waals surface area contributed by atoms with Gasteiger partial charge in [0.2, 0.25) is 0 Å². The zero-order valence-electron chi connectivity index (χ0n) is 7.28. The van der Waals surface area contributed by atoms with Gasteiger partial charge in [-0.3, -0.25) is 9.59 Å². The Labute approximate surface area is 71.2 Å². The Morgan fingerprint density at radius 1 is 1.25 bits per heavy atom. The summed E-state index contributed by atoms with van der Waals surface area (Å²) >= 11 is 0. The zero-order valence-corrected chi connectivity index (χ0v) is 7.28. The van der Waals surface area contributed by atoms with Crippen molar-refractivity contribution in [1.82, 2.24) is 0 Å². The van der Waals surface area contributed by atoms with Crippen molar-refractivity contribution in [3.63, 3.8) is 0 Å². The molecule has 0 bridgehead atoms. The van der Waals surface area contributed by atoms with Gasteiger partial charge >= 0.3 is 11.9 Å².